The van der Waals surface area contributed by atoms with E-state index in [0.29, 0.717) is 18.4 Å². The summed E-state index contributed by atoms with van der Waals surface area (Å²) in [4.78, 5) is 49.4. The van der Waals surface area contributed by atoms with Gasteiger partial charge in [0.15, 0.2) is 11.5 Å². The Morgan fingerprint density at radius 1 is 0.892 bits per heavy atom. The summed E-state index contributed by atoms with van der Waals surface area (Å²) < 4.78 is 21.4. The molecular weight excluding hydrogens is 482 g/mol. The molecule has 0 saturated carbocycles. The molecule has 0 aliphatic rings. The zero-order chi connectivity index (χ0) is 28.2. The quantitative estimate of drug-likeness (QED) is 0.191. The van der Waals surface area contributed by atoms with E-state index in [1.807, 2.05) is 13.8 Å². The number of benzene rings is 1. The maximum Gasteiger partial charge on any atom is 0.511 e. The molecule has 0 radical (unpaired) electrons. The van der Waals surface area contributed by atoms with Crippen LogP contribution in [0.4, 0.5) is 4.79 Å². The topological polar surface area (TPSA) is 137 Å². The molecule has 0 aliphatic carbocycles. The third-order valence-corrected chi connectivity index (χ3v) is 4.89. The number of carboxylic acids is 1. The van der Waals surface area contributed by atoms with Gasteiger partial charge in [0.1, 0.15) is 5.60 Å². The van der Waals surface area contributed by atoms with Crippen LogP contribution >= 0.6 is 0 Å². The van der Waals surface area contributed by atoms with Crippen molar-refractivity contribution in [1.29, 1.82) is 0 Å². The van der Waals surface area contributed by atoms with Crippen LogP contribution in [-0.2, 0) is 30.3 Å². The monoisotopic (exact) mass is 523 g/mol. The van der Waals surface area contributed by atoms with Gasteiger partial charge < -0.3 is 24.1 Å². The first-order chi connectivity index (χ1) is 17.2. The van der Waals surface area contributed by atoms with Gasteiger partial charge in [-0.3, -0.25) is 14.9 Å². The molecule has 10 heteroatoms. The van der Waals surface area contributed by atoms with Crippen molar-refractivity contribution in [3.63, 3.8) is 0 Å². The number of aliphatic carboxylic acids is 1. The lowest BCUT2D eigenvalue weighted by Gasteiger charge is -2.33. The second kappa shape index (κ2) is 14.6. The highest BCUT2D eigenvalue weighted by Crippen LogP contribution is 2.32. The average Bonchev–Trinajstić information content (AvgIpc) is 2.76. The van der Waals surface area contributed by atoms with Gasteiger partial charge in [-0.1, -0.05) is 32.8 Å². The molecule has 0 fully saturated rings. The number of hydrogen-bond donors (Lipinski definition) is 2. The number of esters is 2. The van der Waals surface area contributed by atoms with Crippen molar-refractivity contribution in [3.8, 4) is 11.5 Å². The van der Waals surface area contributed by atoms with Gasteiger partial charge in [0.25, 0.3) is 5.72 Å². The first-order valence-electron chi connectivity index (χ1n) is 12.7. The number of ether oxygens (including phenoxy) is 4. The summed E-state index contributed by atoms with van der Waals surface area (Å²) in [6.45, 7) is 12.2. The lowest BCUT2D eigenvalue weighted by Crippen LogP contribution is -2.59. The summed E-state index contributed by atoms with van der Waals surface area (Å²) in [5.74, 6) is -2.41. The summed E-state index contributed by atoms with van der Waals surface area (Å²) in [5.41, 5.74) is -2.73. The van der Waals surface area contributed by atoms with Crippen LogP contribution in [0, 0.1) is 0 Å². The number of carboxylic acid groups (broad SMARTS) is 1. The fraction of sp³-hybridized carbons (Fsp3) is 0.630. The molecule has 0 amide bonds. The molecule has 1 atom stereocenters. The van der Waals surface area contributed by atoms with Crippen molar-refractivity contribution < 1.29 is 43.2 Å². The van der Waals surface area contributed by atoms with Crippen LogP contribution in [-0.4, -0.2) is 46.5 Å². The Kier molecular flexibility index (Phi) is 12.6. The first kappa shape index (κ1) is 31.9. The highest BCUT2D eigenvalue weighted by atomic mass is 16.8. The average molecular weight is 524 g/mol. The van der Waals surface area contributed by atoms with Crippen molar-refractivity contribution in [2.45, 2.75) is 111 Å². The molecule has 1 aromatic rings. The molecular formula is C27H41NO9. The minimum Gasteiger partial charge on any atom is -0.477 e. The molecule has 10 nitrogen and oxygen atoms in total. The van der Waals surface area contributed by atoms with E-state index in [9.17, 15) is 24.3 Å². The van der Waals surface area contributed by atoms with Crippen LogP contribution in [0.1, 0.15) is 92.6 Å². The van der Waals surface area contributed by atoms with Gasteiger partial charge in [0, 0.05) is 25.3 Å². The zero-order valence-corrected chi connectivity index (χ0v) is 23.0. The Morgan fingerprint density at radius 2 is 1.43 bits per heavy atom. The molecule has 0 spiro atoms. The van der Waals surface area contributed by atoms with Gasteiger partial charge in [-0.05, 0) is 65.2 Å². The standard InChI is InChI=1S/C27H41NO9/c1-8-10-12-22(29)34-20-15-14-19(16-21(20)35-23(30)13-11-9-2)17-27(24(31)32,28-18(3)4)37-25(33)36-26(5,6)7/h14-16,18,28H,8-13,17H2,1-7H3,(H,31,32)/t27-/m0/s1. The third kappa shape index (κ3) is 11.6. The summed E-state index contributed by atoms with van der Waals surface area (Å²) in [7, 11) is 0. The molecule has 0 bridgehead atoms. The molecule has 0 aliphatic heterocycles. The Labute approximate surface area is 219 Å². The van der Waals surface area contributed by atoms with Gasteiger partial charge in [-0.15, -0.1) is 0 Å². The first-order valence-corrected chi connectivity index (χ1v) is 12.7. The molecule has 0 aromatic heterocycles. The maximum atomic E-state index is 12.5. The number of nitrogens with one attached hydrogen (secondary N) is 1. The van der Waals surface area contributed by atoms with Crippen LogP contribution in [0.5, 0.6) is 11.5 Å². The van der Waals surface area contributed by atoms with Gasteiger partial charge >= 0.3 is 24.1 Å². The van der Waals surface area contributed by atoms with E-state index >= 15 is 0 Å². The molecule has 1 rings (SSSR count). The van der Waals surface area contributed by atoms with E-state index in [1.54, 1.807) is 34.6 Å². The van der Waals surface area contributed by atoms with Crippen molar-refractivity contribution in [1.82, 2.24) is 5.32 Å². The number of hydrogen-bond acceptors (Lipinski definition) is 9. The van der Waals surface area contributed by atoms with Crippen molar-refractivity contribution in [3.05, 3.63) is 23.8 Å². The number of rotatable bonds is 14. The summed E-state index contributed by atoms with van der Waals surface area (Å²) in [6, 6.07) is 3.97. The number of carbonyl (C=O) groups is 4. The second-order valence-corrected chi connectivity index (χ2v) is 10.1. The van der Waals surface area contributed by atoms with Crippen LogP contribution in [0.25, 0.3) is 0 Å². The van der Waals surface area contributed by atoms with E-state index < -0.39 is 35.4 Å². The molecule has 2 N–H and O–H groups in total. The van der Waals surface area contributed by atoms with E-state index in [1.165, 1.54) is 18.2 Å². The Balaban J connectivity index is 3.39. The van der Waals surface area contributed by atoms with Gasteiger partial charge in [-0.25, -0.2) is 9.59 Å². The van der Waals surface area contributed by atoms with E-state index in [0.717, 1.165) is 12.8 Å². The van der Waals surface area contributed by atoms with E-state index in [4.69, 9.17) is 18.9 Å². The van der Waals surface area contributed by atoms with Gasteiger partial charge in [0.2, 0.25) is 0 Å². The minimum atomic E-state index is -2.18. The second-order valence-electron chi connectivity index (χ2n) is 10.1. The summed E-state index contributed by atoms with van der Waals surface area (Å²) in [5, 5.41) is 12.9. The fourth-order valence-corrected chi connectivity index (χ4v) is 3.28. The number of unbranched alkanes of at least 4 members (excludes halogenated alkanes) is 2. The molecule has 1 aromatic carbocycles. The summed E-state index contributed by atoms with van der Waals surface area (Å²) in [6.07, 6.45) is 1.74. The highest BCUT2D eigenvalue weighted by Gasteiger charge is 2.45. The van der Waals surface area contributed by atoms with Crippen LogP contribution in [0.3, 0.4) is 0 Å². The smallest absolute Gasteiger partial charge is 0.477 e. The highest BCUT2D eigenvalue weighted by molar-refractivity contribution is 5.81. The molecule has 0 heterocycles. The lowest BCUT2D eigenvalue weighted by atomic mass is 10.0. The number of carbonyl (C=O) groups excluding carboxylic acids is 3. The van der Waals surface area contributed by atoms with Crippen LogP contribution in [0.15, 0.2) is 18.2 Å². The van der Waals surface area contributed by atoms with Crippen molar-refractivity contribution in [2.24, 2.45) is 0 Å². The van der Waals surface area contributed by atoms with Gasteiger partial charge in [-0.2, -0.15) is 0 Å². The SMILES string of the molecule is CCCCC(=O)Oc1ccc(C[C@](NC(C)C)(OC(=O)OC(C)(C)C)C(=O)O)cc1OC(=O)CCCC. The van der Waals surface area contributed by atoms with E-state index in [2.05, 4.69) is 5.32 Å². The van der Waals surface area contributed by atoms with Gasteiger partial charge in [0.05, 0.1) is 0 Å². The third-order valence-electron chi connectivity index (χ3n) is 4.89. The predicted molar refractivity (Wildman–Crippen MR) is 136 cm³/mol. The fourth-order valence-electron chi connectivity index (χ4n) is 3.28. The Hall–Kier alpha value is -3.14. The van der Waals surface area contributed by atoms with Crippen LogP contribution < -0.4 is 14.8 Å². The lowest BCUT2D eigenvalue weighted by molar-refractivity contribution is -0.169. The Morgan fingerprint density at radius 3 is 1.89 bits per heavy atom. The molecule has 208 valence electrons. The van der Waals surface area contributed by atoms with Crippen molar-refractivity contribution in [2.75, 3.05) is 0 Å². The normalized spacial score (nSPS) is 13.0. The van der Waals surface area contributed by atoms with E-state index in [-0.39, 0.29) is 36.8 Å². The Bertz CT molecular complexity index is 936. The molecule has 37 heavy (non-hydrogen) atoms. The largest absolute Gasteiger partial charge is 0.511 e. The minimum absolute atomic E-state index is 0.0236. The zero-order valence-electron chi connectivity index (χ0n) is 23.0. The molecule has 0 saturated heterocycles. The van der Waals surface area contributed by atoms with Crippen LogP contribution in [0.2, 0.25) is 0 Å². The predicted octanol–water partition coefficient (Wildman–Crippen LogP) is 5.15. The molecule has 0 unspecified atom stereocenters. The maximum absolute atomic E-state index is 12.5. The summed E-state index contributed by atoms with van der Waals surface area (Å²) >= 11 is 0. The van der Waals surface area contributed by atoms with Crippen molar-refractivity contribution >= 4 is 24.1 Å².